The Balaban J connectivity index is 1.48. The third-order valence-electron chi connectivity index (χ3n) is 5.64. The molecule has 0 spiro atoms. The fourth-order valence-corrected chi connectivity index (χ4v) is 3.92. The van der Waals surface area contributed by atoms with Gasteiger partial charge in [-0.3, -0.25) is 10.1 Å². The van der Waals surface area contributed by atoms with Crippen molar-refractivity contribution in [2.75, 3.05) is 25.1 Å². The molecule has 4 aromatic rings. The van der Waals surface area contributed by atoms with E-state index in [1.165, 1.54) is 6.07 Å². The third-order valence-corrected chi connectivity index (χ3v) is 5.64. The Labute approximate surface area is 201 Å². The molecule has 0 radical (unpaired) electrons. The minimum atomic E-state index is -4.84. The van der Waals surface area contributed by atoms with Crippen LogP contribution in [0.5, 0.6) is 5.75 Å². The van der Waals surface area contributed by atoms with E-state index in [1.54, 1.807) is 22.8 Å². The van der Waals surface area contributed by atoms with Crippen LogP contribution in [0.25, 0.3) is 22.1 Å². The number of hydrogen-bond donors (Lipinski definition) is 3. The molecule has 1 aliphatic heterocycles. The van der Waals surface area contributed by atoms with Crippen LogP contribution < -0.4 is 10.1 Å². The second kappa shape index (κ2) is 9.08. The first-order valence-electron chi connectivity index (χ1n) is 11.0. The van der Waals surface area contributed by atoms with E-state index in [9.17, 15) is 23.1 Å². The average Bonchev–Trinajstić information content (AvgIpc) is 3.35. The molecule has 10 nitrogen and oxygen atoms in total. The van der Waals surface area contributed by atoms with Gasteiger partial charge < -0.3 is 28.7 Å². The molecular formula is C23H21F3N4O6. The van der Waals surface area contributed by atoms with Crippen LogP contribution in [0, 0.1) is 0 Å². The van der Waals surface area contributed by atoms with Crippen molar-refractivity contribution in [1.82, 2.24) is 14.5 Å². The maximum Gasteiger partial charge on any atom is 0.573 e. The highest BCUT2D eigenvalue weighted by Gasteiger charge is 2.38. The van der Waals surface area contributed by atoms with Crippen LogP contribution >= 0.6 is 0 Å². The molecule has 2 aromatic heterocycles. The lowest BCUT2D eigenvalue weighted by molar-refractivity contribution is -0.274. The SMILES string of the molecule is O=C(CCCO)c1ccc2c(c1)nc(Nc1nc3ccc(OC(F)(F)F)cc3o1)n2CC1(O)COC1. The van der Waals surface area contributed by atoms with Crippen LogP contribution in [0.4, 0.5) is 25.1 Å². The zero-order chi connectivity index (χ0) is 25.5. The first kappa shape index (κ1) is 24.0. The van der Waals surface area contributed by atoms with Crippen LogP contribution in [0.1, 0.15) is 23.2 Å². The number of aromatic nitrogens is 3. The average molecular weight is 506 g/mol. The van der Waals surface area contributed by atoms with Crippen LogP contribution in [0.3, 0.4) is 0 Å². The van der Waals surface area contributed by atoms with Gasteiger partial charge in [0.1, 0.15) is 16.9 Å². The Bertz CT molecular complexity index is 1430. The van der Waals surface area contributed by atoms with Gasteiger partial charge in [-0.15, -0.1) is 13.2 Å². The number of hydrogen-bond acceptors (Lipinski definition) is 9. The smallest absolute Gasteiger partial charge is 0.423 e. The van der Waals surface area contributed by atoms with Gasteiger partial charge in [0.2, 0.25) is 5.95 Å². The summed E-state index contributed by atoms with van der Waals surface area (Å²) in [5.74, 6) is -0.351. The Morgan fingerprint density at radius 3 is 2.67 bits per heavy atom. The van der Waals surface area contributed by atoms with E-state index in [1.807, 2.05) is 0 Å². The maximum atomic E-state index is 12.5. The van der Waals surface area contributed by atoms with Gasteiger partial charge >= 0.3 is 12.4 Å². The standard InChI is InChI=1S/C23H21F3N4O6/c24-23(25,26)36-14-4-5-15-19(9-14)35-21(28-15)29-20-27-16-8-13(18(32)2-1-7-31)3-6-17(16)30(20)10-22(33)11-34-12-22/h3-6,8-9,31,33H,1-2,7,10-12H2,(H,27,28,29). The second-order valence-electron chi connectivity index (χ2n) is 8.51. The number of ketones is 1. The molecule has 0 amide bonds. The fourth-order valence-electron chi connectivity index (χ4n) is 3.92. The van der Waals surface area contributed by atoms with Crippen LogP contribution in [0.15, 0.2) is 40.8 Å². The van der Waals surface area contributed by atoms with Crippen molar-refractivity contribution in [3.05, 3.63) is 42.0 Å². The van der Waals surface area contributed by atoms with Crippen molar-refractivity contribution >= 4 is 39.9 Å². The Hall–Kier alpha value is -3.68. The highest BCUT2D eigenvalue weighted by molar-refractivity contribution is 5.99. The fraction of sp³-hybridized carbons (Fsp3) is 0.348. The van der Waals surface area contributed by atoms with Gasteiger partial charge in [0, 0.05) is 24.7 Å². The molecule has 1 aliphatic rings. The van der Waals surface area contributed by atoms with Gasteiger partial charge in [-0.05, 0) is 36.8 Å². The molecule has 0 aliphatic carbocycles. The van der Waals surface area contributed by atoms with Crippen molar-refractivity contribution in [3.63, 3.8) is 0 Å². The molecule has 2 aromatic carbocycles. The first-order valence-corrected chi connectivity index (χ1v) is 11.0. The van der Waals surface area contributed by atoms with Crippen LogP contribution in [-0.2, 0) is 11.3 Å². The molecule has 0 atom stereocenters. The number of carbonyl (C=O) groups is 1. The van der Waals surface area contributed by atoms with Gasteiger partial charge in [0.15, 0.2) is 11.4 Å². The number of nitrogens with zero attached hydrogens (tertiary/aromatic N) is 3. The summed E-state index contributed by atoms with van der Waals surface area (Å²) in [5.41, 5.74) is 0.742. The minimum absolute atomic E-state index is 0.0400. The molecule has 0 saturated carbocycles. The number of ether oxygens (including phenoxy) is 2. The first-order chi connectivity index (χ1) is 17.1. The summed E-state index contributed by atoms with van der Waals surface area (Å²) < 4.78 is 53.9. The van der Waals surface area contributed by atoms with Crippen molar-refractivity contribution in [3.8, 4) is 5.75 Å². The number of nitrogens with one attached hydrogen (secondary N) is 1. The second-order valence-corrected chi connectivity index (χ2v) is 8.51. The molecule has 0 unspecified atom stereocenters. The molecule has 0 bridgehead atoms. The van der Waals surface area contributed by atoms with E-state index in [-0.39, 0.29) is 61.6 Å². The lowest BCUT2D eigenvalue weighted by atomic mass is 10.0. The summed E-state index contributed by atoms with van der Waals surface area (Å²) in [6.07, 6.45) is -4.31. The van der Waals surface area contributed by atoms with E-state index < -0.39 is 17.7 Å². The number of carbonyl (C=O) groups excluding carboxylic acids is 1. The number of imidazole rings is 1. The summed E-state index contributed by atoms with van der Waals surface area (Å²) >= 11 is 0. The Morgan fingerprint density at radius 1 is 1.17 bits per heavy atom. The molecule has 1 saturated heterocycles. The highest BCUT2D eigenvalue weighted by atomic mass is 19.4. The van der Waals surface area contributed by atoms with E-state index in [4.69, 9.17) is 14.3 Å². The van der Waals surface area contributed by atoms with Gasteiger partial charge in [-0.2, -0.15) is 4.98 Å². The van der Waals surface area contributed by atoms with E-state index in [0.717, 1.165) is 12.1 Å². The third kappa shape index (κ3) is 4.98. The minimum Gasteiger partial charge on any atom is -0.423 e. The van der Waals surface area contributed by atoms with Crippen molar-refractivity contribution in [1.29, 1.82) is 0 Å². The molecular weight excluding hydrogens is 485 g/mol. The topological polar surface area (TPSA) is 132 Å². The number of oxazole rings is 1. The van der Waals surface area contributed by atoms with E-state index in [0.29, 0.717) is 23.0 Å². The zero-order valence-electron chi connectivity index (χ0n) is 18.7. The molecule has 36 heavy (non-hydrogen) atoms. The van der Waals surface area contributed by atoms with Gasteiger partial charge in [-0.25, -0.2) is 4.98 Å². The molecule has 3 N–H and O–H groups in total. The number of aliphatic hydroxyl groups is 2. The quantitative estimate of drug-likeness (QED) is 0.292. The van der Waals surface area contributed by atoms with Crippen molar-refractivity contribution in [2.24, 2.45) is 0 Å². The molecule has 190 valence electrons. The largest absolute Gasteiger partial charge is 0.573 e. The number of benzene rings is 2. The molecule has 13 heteroatoms. The van der Waals surface area contributed by atoms with Gasteiger partial charge in [-0.1, -0.05) is 0 Å². The van der Waals surface area contributed by atoms with Crippen molar-refractivity contribution < 1.29 is 42.1 Å². The van der Waals surface area contributed by atoms with Crippen molar-refractivity contribution in [2.45, 2.75) is 31.3 Å². The predicted molar refractivity (Wildman–Crippen MR) is 120 cm³/mol. The van der Waals surface area contributed by atoms with Gasteiger partial charge in [0.05, 0.1) is 30.8 Å². The number of aliphatic hydroxyl groups excluding tert-OH is 1. The van der Waals surface area contributed by atoms with E-state index >= 15 is 0 Å². The number of Topliss-reactive ketones (excluding diaryl/α,β-unsaturated/α-hetero) is 1. The number of rotatable bonds is 9. The highest BCUT2D eigenvalue weighted by Crippen LogP contribution is 2.31. The van der Waals surface area contributed by atoms with Gasteiger partial charge in [0.25, 0.3) is 0 Å². The Kier molecular flexibility index (Phi) is 6.06. The molecule has 5 rings (SSSR count). The lowest BCUT2D eigenvalue weighted by Crippen LogP contribution is -2.52. The molecule has 3 heterocycles. The number of anilines is 2. The number of halogens is 3. The molecule has 1 fully saturated rings. The number of alkyl halides is 3. The van der Waals surface area contributed by atoms with E-state index in [2.05, 4.69) is 20.0 Å². The van der Waals surface area contributed by atoms with Crippen LogP contribution in [-0.4, -0.2) is 62.3 Å². The summed E-state index contributed by atoms with van der Waals surface area (Å²) in [4.78, 5) is 21.2. The summed E-state index contributed by atoms with van der Waals surface area (Å²) in [6, 6.07) is 8.45. The lowest BCUT2D eigenvalue weighted by Gasteiger charge is -2.36. The predicted octanol–water partition coefficient (Wildman–Crippen LogP) is 3.54. The Morgan fingerprint density at radius 2 is 1.97 bits per heavy atom. The summed E-state index contributed by atoms with van der Waals surface area (Å²) in [6.45, 7) is 0.294. The van der Waals surface area contributed by atoms with Crippen LogP contribution in [0.2, 0.25) is 0 Å². The summed E-state index contributed by atoms with van der Waals surface area (Å²) in [5, 5.41) is 22.6. The zero-order valence-corrected chi connectivity index (χ0v) is 18.7. The summed E-state index contributed by atoms with van der Waals surface area (Å²) in [7, 11) is 0. The normalized spacial score (nSPS) is 15.2. The monoisotopic (exact) mass is 506 g/mol. The maximum absolute atomic E-state index is 12.5. The number of fused-ring (bicyclic) bond motifs is 2.